The maximum absolute atomic E-state index is 12.0. The van der Waals surface area contributed by atoms with Crippen molar-refractivity contribution in [3.8, 4) is 0 Å². The summed E-state index contributed by atoms with van der Waals surface area (Å²) in [5.41, 5.74) is 1.09. The summed E-state index contributed by atoms with van der Waals surface area (Å²) in [5.74, 6) is -0.238. The SMILES string of the molecule is CNC(=O)c1nccc(C)c1B1OC(C)(C)C(C)(C)O1. The van der Waals surface area contributed by atoms with E-state index in [0.29, 0.717) is 11.2 Å². The maximum Gasteiger partial charge on any atom is 0.497 e. The van der Waals surface area contributed by atoms with Crippen LogP contribution in [-0.2, 0) is 9.31 Å². The first-order valence-electron chi connectivity index (χ1n) is 6.73. The third kappa shape index (κ3) is 2.34. The number of nitrogens with zero attached hydrogens (tertiary/aromatic N) is 1. The van der Waals surface area contributed by atoms with Crippen molar-refractivity contribution >= 4 is 18.5 Å². The summed E-state index contributed by atoms with van der Waals surface area (Å²) in [6.07, 6.45) is 1.62. The Kier molecular flexibility index (Phi) is 3.65. The molecule has 1 N–H and O–H groups in total. The Bertz CT molecular complexity index is 527. The molecule has 1 aliphatic heterocycles. The van der Waals surface area contributed by atoms with Crippen LogP contribution in [0.2, 0.25) is 0 Å². The second kappa shape index (κ2) is 4.86. The highest BCUT2D eigenvalue weighted by Crippen LogP contribution is 2.36. The molecule has 1 fully saturated rings. The Morgan fingerprint density at radius 3 is 2.30 bits per heavy atom. The number of pyridine rings is 1. The third-order valence-corrected chi connectivity index (χ3v) is 4.14. The number of nitrogens with one attached hydrogen (secondary N) is 1. The zero-order valence-electron chi connectivity index (χ0n) is 12.9. The molecular formula is C14H21BN2O3. The van der Waals surface area contributed by atoms with Crippen LogP contribution in [0, 0.1) is 6.92 Å². The Labute approximate surface area is 120 Å². The molecule has 0 unspecified atom stereocenters. The Morgan fingerprint density at radius 2 is 1.80 bits per heavy atom. The summed E-state index contributed by atoms with van der Waals surface area (Å²) in [6.45, 7) is 9.86. The maximum atomic E-state index is 12.0. The molecule has 1 amide bonds. The highest BCUT2D eigenvalue weighted by atomic mass is 16.7. The van der Waals surface area contributed by atoms with Gasteiger partial charge in [0, 0.05) is 18.7 Å². The number of hydrogen-bond donors (Lipinski definition) is 1. The van der Waals surface area contributed by atoms with Crippen LogP contribution in [-0.4, -0.2) is 36.3 Å². The van der Waals surface area contributed by atoms with Gasteiger partial charge in [-0.2, -0.15) is 0 Å². The van der Waals surface area contributed by atoms with Crippen LogP contribution in [0.25, 0.3) is 0 Å². The van der Waals surface area contributed by atoms with Gasteiger partial charge in [0.15, 0.2) is 0 Å². The number of carbonyl (C=O) groups is 1. The fraction of sp³-hybridized carbons (Fsp3) is 0.571. The molecular weight excluding hydrogens is 255 g/mol. The van der Waals surface area contributed by atoms with E-state index in [2.05, 4.69) is 10.3 Å². The molecule has 0 bridgehead atoms. The van der Waals surface area contributed by atoms with Crippen LogP contribution >= 0.6 is 0 Å². The molecule has 0 radical (unpaired) electrons. The number of hydrogen-bond acceptors (Lipinski definition) is 4. The van der Waals surface area contributed by atoms with E-state index in [4.69, 9.17) is 9.31 Å². The standard InChI is InChI=1S/C14H21BN2O3/c1-9-7-8-17-11(12(18)16-6)10(9)15-19-13(2,3)14(4,5)20-15/h7-8H,1-6H3,(H,16,18). The van der Waals surface area contributed by atoms with Gasteiger partial charge in [0.05, 0.1) is 11.2 Å². The van der Waals surface area contributed by atoms with Gasteiger partial charge in [0.25, 0.3) is 5.91 Å². The number of rotatable bonds is 2. The van der Waals surface area contributed by atoms with Gasteiger partial charge < -0.3 is 14.6 Å². The van der Waals surface area contributed by atoms with Crippen molar-refractivity contribution in [3.63, 3.8) is 0 Å². The van der Waals surface area contributed by atoms with Crippen molar-refractivity contribution in [2.45, 2.75) is 45.8 Å². The summed E-state index contributed by atoms with van der Waals surface area (Å²) in [4.78, 5) is 16.2. The molecule has 0 atom stereocenters. The predicted octanol–water partition coefficient (Wildman–Crippen LogP) is 1.05. The Balaban J connectivity index is 2.47. The number of aromatic nitrogens is 1. The van der Waals surface area contributed by atoms with Crippen molar-refractivity contribution in [1.29, 1.82) is 0 Å². The summed E-state index contributed by atoms with van der Waals surface area (Å²) in [7, 11) is 1.00. The van der Waals surface area contributed by atoms with Crippen LogP contribution in [0.15, 0.2) is 12.3 Å². The Morgan fingerprint density at radius 1 is 1.25 bits per heavy atom. The molecule has 1 saturated heterocycles. The average Bonchev–Trinajstić information content (AvgIpc) is 2.56. The minimum absolute atomic E-state index is 0.238. The van der Waals surface area contributed by atoms with Gasteiger partial charge in [-0.15, -0.1) is 0 Å². The van der Waals surface area contributed by atoms with Gasteiger partial charge in [0.2, 0.25) is 0 Å². The molecule has 1 aliphatic rings. The fourth-order valence-corrected chi connectivity index (χ4v) is 2.13. The number of amides is 1. The van der Waals surface area contributed by atoms with Gasteiger partial charge in [-0.3, -0.25) is 9.78 Å². The smallest absolute Gasteiger partial charge is 0.399 e. The van der Waals surface area contributed by atoms with Crippen molar-refractivity contribution in [2.24, 2.45) is 0 Å². The van der Waals surface area contributed by atoms with Gasteiger partial charge in [0.1, 0.15) is 5.69 Å². The van der Waals surface area contributed by atoms with E-state index in [1.807, 2.05) is 40.7 Å². The predicted molar refractivity (Wildman–Crippen MR) is 78.1 cm³/mol. The van der Waals surface area contributed by atoms with E-state index >= 15 is 0 Å². The van der Waals surface area contributed by atoms with Crippen molar-refractivity contribution < 1.29 is 14.1 Å². The van der Waals surface area contributed by atoms with E-state index in [9.17, 15) is 4.79 Å². The highest BCUT2D eigenvalue weighted by Gasteiger charge is 2.53. The summed E-state index contributed by atoms with van der Waals surface area (Å²) >= 11 is 0. The van der Waals surface area contributed by atoms with E-state index in [1.54, 1.807) is 13.2 Å². The summed E-state index contributed by atoms with van der Waals surface area (Å²) < 4.78 is 12.0. The second-order valence-corrected chi connectivity index (χ2v) is 6.06. The molecule has 1 aromatic rings. The monoisotopic (exact) mass is 276 g/mol. The lowest BCUT2D eigenvalue weighted by Gasteiger charge is -2.32. The van der Waals surface area contributed by atoms with Crippen LogP contribution in [0.3, 0.4) is 0 Å². The van der Waals surface area contributed by atoms with Gasteiger partial charge >= 0.3 is 7.12 Å². The van der Waals surface area contributed by atoms with Gasteiger partial charge in [-0.1, -0.05) is 0 Å². The van der Waals surface area contributed by atoms with E-state index in [1.165, 1.54) is 0 Å². The summed E-state index contributed by atoms with van der Waals surface area (Å²) in [5, 5.41) is 2.60. The van der Waals surface area contributed by atoms with Crippen LogP contribution in [0.5, 0.6) is 0 Å². The summed E-state index contributed by atoms with van der Waals surface area (Å²) in [6, 6.07) is 1.85. The van der Waals surface area contributed by atoms with E-state index in [-0.39, 0.29) is 5.91 Å². The molecule has 2 rings (SSSR count). The normalized spacial score (nSPS) is 20.0. The lowest BCUT2D eigenvalue weighted by Crippen LogP contribution is -2.42. The minimum Gasteiger partial charge on any atom is -0.399 e. The molecule has 20 heavy (non-hydrogen) atoms. The molecule has 0 saturated carbocycles. The lowest BCUT2D eigenvalue weighted by molar-refractivity contribution is 0.00578. The fourth-order valence-electron chi connectivity index (χ4n) is 2.13. The lowest BCUT2D eigenvalue weighted by atomic mass is 9.75. The molecule has 2 heterocycles. The second-order valence-electron chi connectivity index (χ2n) is 6.06. The van der Waals surface area contributed by atoms with Crippen LogP contribution in [0.1, 0.15) is 43.7 Å². The molecule has 0 spiro atoms. The first kappa shape index (κ1) is 15.0. The number of carbonyl (C=O) groups excluding carboxylic acids is 1. The molecule has 6 heteroatoms. The first-order chi connectivity index (χ1) is 9.19. The van der Waals surface area contributed by atoms with Crippen molar-refractivity contribution in [1.82, 2.24) is 10.3 Å². The zero-order valence-corrected chi connectivity index (χ0v) is 12.9. The van der Waals surface area contributed by atoms with Crippen molar-refractivity contribution in [2.75, 3.05) is 7.05 Å². The quantitative estimate of drug-likeness (QED) is 0.820. The van der Waals surface area contributed by atoms with Crippen LogP contribution in [0.4, 0.5) is 0 Å². The zero-order chi connectivity index (χ0) is 15.1. The molecule has 5 nitrogen and oxygen atoms in total. The number of aryl methyl sites for hydroxylation is 1. The largest absolute Gasteiger partial charge is 0.497 e. The minimum atomic E-state index is -0.582. The van der Waals surface area contributed by atoms with E-state index < -0.39 is 18.3 Å². The van der Waals surface area contributed by atoms with Gasteiger partial charge in [-0.25, -0.2) is 0 Å². The van der Waals surface area contributed by atoms with Gasteiger partial charge in [-0.05, 0) is 46.2 Å². The Hall–Kier alpha value is -1.40. The van der Waals surface area contributed by atoms with E-state index in [0.717, 1.165) is 5.56 Å². The average molecular weight is 276 g/mol. The molecule has 108 valence electrons. The topological polar surface area (TPSA) is 60.5 Å². The first-order valence-corrected chi connectivity index (χ1v) is 6.73. The molecule has 0 aliphatic carbocycles. The highest BCUT2D eigenvalue weighted by molar-refractivity contribution is 6.64. The molecule has 1 aromatic heterocycles. The van der Waals surface area contributed by atoms with Crippen LogP contribution < -0.4 is 10.8 Å². The van der Waals surface area contributed by atoms with Crippen molar-refractivity contribution in [3.05, 3.63) is 23.5 Å². The third-order valence-electron chi connectivity index (χ3n) is 4.14. The molecule has 0 aromatic carbocycles.